The minimum atomic E-state index is 0.409. The average molecular weight is 135 g/mol. The molecule has 0 amide bonds. The van der Waals surface area contributed by atoms with Crippen LogP contribution in [0.5, 0.6) is 0 Å². The van der Waals surface area contributed by atoms with Crippen molar-refractivity contribution in [1.82, 2.24) is 0 Å². The highest BCUT2D eigenvalue weighted by Gasteiger charge is 2.23. The molecule has 0 spiro atoms. The standard InChI is InChI=1S/C5H15N2S/c1-7(2,6)5-8-3-4-8/h8H,3-6H2,1-2H3/q+1. The highest BCUT2D eigenvalue weighted by Crippen LogP contribution is 2.40. The summed E-state index contributed by atoms with van der Waals surface area (Å²) in [5.74, 6) is 9.88. The van der Waals surface area contributed by atoms with Crippen LogP contribution in [0.1, 0.15) is 0 Å². The van der Waals surface area contributed by atoms with Crippen LogP contribution in [0.4, 0.5) is 0 Å². The van der Waals surface area contributed by atoms with Gasteiger partial charge in [0.05, 0.1) is 14.1 Å². The van der Waals surface area contributed by atoms with E-state index in [1.54, 1.807) is 0 Å². The fourth-order valence-electron chi connectivity index (χ4n) is 0.728. The first-order valence-corrected chi connectivity index (χ1v) is 4.81. The minimum Gasteiger partial charge on any atom is -0.246 e. The maximum atomic E-state index is 5.73. The van der Waals surface area contributed by atoms with E-state index in [9.17, 15) is 0 Å². The molecule has 1 saturated heterocycles. The molecule has 1 aliphatic heterocycles. The summed E-state index contributed by atoms with van der Waals surface area (Å²) in [5, 5.41) is 0. The number of hydrogen-bond acceptors (Lipinski definition) is 1. The van der Waals surface area contributed by atoms with Crippen LogP contribution in [-0.4, -0.2) is 36.1 Å². The van der Waals surface area contributed by atoms with E-state index in [2.05, 4.69) is 14.1 Å². The summed E-state index contributed by atoms with van der Waals surface area (Å²) in [6.45, 7) is 0. The van der Waals surface area contributed by atoms with Crippen molar-refractivity contribution in [3.63, 3.8) is 0 Å². The van der Waals surface area contributed by atoms with Crippen LogP contribution in [-0.2, 0) is 0 Å². The second-order valence-corrected chi connectivity index (χ2v) is 5.56. The number of nitrogens with zero attached hydrogens (tertiary/aromatic N) is 1. The molecule has 0 aromatic heterocycles. The lowest BCUT2D eigenvalue weighted by molar-refractivity contribution is -0.889. The van der Waals surface area contributed by atoms with Gasteiger partial charge in [-0.3, -0.25) is 0 Å². The first-order chi connectivity index (χ1) is 3.58. The van der Waals surface area contributed by atoms with Gasteiger partial charge < -0.3 is 0 Å². The molecule has 1 rings (SSSR count). The van der Waals surface area contributed by atoms with E-state index in [-0.39, 0.29) is 0 Å². The summed E-state index contributed by atoms with van der Waals surface area (Å²) in [6.07, 6.45) is 0. The van der Waals surface area contributed by atoms with Gasteiger partial charge in [-0.05, 0) is 11.5 Å². The van der Waals surface area contributed by atoms with Gasteiger partial charge in [-0.15, -0.1) is 0 Å². The van der Waals surface area contributed by atoms with E-state index in [0.717, 1.165) is 0 Å². The predicted molar refractivity (Wildman–Crippen MR) is 39.9 cm³/mol. The molecule has 0 aliphatic carbocycles. The molecule has 0 unspecified atom stereocenters. The van der Waals surface area contributed by atoms with Gasteiger partial charge in [0.1, 0.15) is 5.88 Å². The first-order valence-electron chi connectivity index (χ1n) is 2.92. The molecule has 0 radical (unpaired) electrons. The van der Waals surface area contributed by atoms with Crippen LogP contribution in [0.3, 0.4) is 0 Å². The van der Waals surface area contributed by atoms with Crippen molar-refractivity contribution in [1.29, 1.82) is 0 Å². The Morgan fingerprint density at radius 3 is 2.12 bits per heavy atom. The Hall–Kier alpha value is 0.270. The lowest BCUT2D eigenvalue weighted by Crippen LogP contribution is -2.46. The zero-order chi connectivity index (χ0) is 6.20. The Kier molecular flexibility index (Phi) is 1.52. The van der Waals surface area contributed by atoms with E-state index >= 15 is 0 Å². The number of hydrogen-bond donors (Lipinski definition) is 2. The molecule has 1 heterocycles. The van der Waals surface area contributed by atoms with Crippen molar-refractivity contribution >= 4 is 10.9 Å². The summed E-state index contributed by atoms with van der Waals surface area (Å²) < 4.78 is 0.672. The molecule has 2 N–H and O–H groups in total. The third kappa shape index (κ3) is 2.55. The molecule has 2 nitrogen and oxygen atoms in total. The summed E-state index contributed by atoms with van der Waals surface area (Å²) in [6, 6.07) is 0. The van der Waals surface area contributed by atoms with Crippen LogP contribution in [0.2, 0.25) is 0 Å². The zero-order valence-corrected chi connectivity index (χ0v) is 6.49. The van der Waals surface area contributed by atoms with Crippen molar-refractivity contribution in [2.45, 2.75) is 0 Å². The molecule has 0 saturated carbocycles. The van der Waals surface area contributed by atoms with Gasteiger partial charge in [0.25, 0.3) is 0 Å². The summed E-state index contributed by atoms with van der Waals surface area (Å²) in [5.41, 5.74) is 0. The molecule has 0 bridgehead atoms. The topological polar surface area (TPSA) is 26.0 Å². The highest BCUT2D eigenvalue weighted by molar-refractivity contribution is 8.23. The molecule has 8 heavy (non-hydrogen) atoms. The SMILES string of the molecule is C[N+](C)(N)C[SH]1CC1. The smallest absolute Gasteiger partial charge is 0.125 e. The van der Waals surface area contributed by atoms with E-state index in [1.807, 2.05) is 0 Å². The number of rotatable bonds is 2. The normalized spacial score (nSPS) is 23.6. The Morgan fingerprint density at radius 1 is 1.50 bits per heavy atom. The molecule has 0 atom stereocenters. The van der Waals surface area contributed by atoms with Crippen LogP contribution >= 0.6 is 10.9 Å². The molecule has 0 aromatic carbocycles. The second-order valence-electron chi connectivity index (χ2n) is 3.04. The van der Waals surface area contributed by atoms with Gasteiger partial charge in [-0.1, -0.05) is 0 Å². The Labute approximate surface area is 53.6 Å². The van der Waals surface area contributed by atoms with Crippen LogP contribution in [0.25, 0.3) is 0 Å². The van der Waals surface area contributed by atoms with Crippen LogP contribution in [0, 0.1) is 0 Å². The highest BCUT2D eigenvalue weighted by atomic mass is 32.2. The van der Waals surface area contributed by atoms with Crippen molar-refractivity contribution in [3.05, 3.63) is 0 Å². The second kappa shape index (κ2) is 1.90. The fraction of sp³-hybridized carbons (Fsp3) is 1.00. The molecular weight excluding hydrogens is 120 g/mol. The maximum absolute atomic E-state index is 5.73. The largest absolute Gasteiger partial charge is 0.246 e. The lowest BCUT2D eigenvalue weighted by Gasteiger charge is -2.22. The van der Waals surface area contributed by atoms with Crippen molar-refractivity contribution in [2.75, 3.05) is 31.5 Å². The zero-order valence-electron chi connectivity index (χ0n) is 5.59. The van der Waals surface area contributed by atoms with Gasteiger partial charge in [0.15, 0.2) is 0 Å². The Balaban J connectivity index is 2.16. The van der Waals surface area contributed by atoms with E-state index in [4.69, 9.17) is 5.84 Å². The van der Waals surface area contributed by atoms with Crippen molar-refractivity contribution < 1.29 is 4.59 Å². The predicted octanol–water partition coefficient (Wildman–Crippen LogP) is -0.0912. The molecule has 1 aliphatic rings. The molecule has 3 heteroatoms. The summed E-state index contributed by atoms with van der Waals surface area (Å²) in [7, 11) is 4.52. The molecule has 1 fully saturated rings. The number of thiol groups is 1. The van der Waals surface area contributed by atoms with E-state index < -0.39 is 0 Å². The van der Waals surface area contributed by atoms with Gasteiger partial charge in [-0.2, -0.15) is 5.84 Å². The van der Waals surface area contributed by atoms with Gasteiger partial charge in [0, 0.05) is 0 Å². The summed E-state index contributed by atoms with van der Waals surface area (Å²) >= 11 is 0. The Bertz CT molecular complexity index is 82.9. The fourth-order valence-corrected chi connectivity index (χ4v) is 2.61. The first kappa shape index (κ1) is 6.39. The molecule has 50 valence electrons. The van der Waals surface area contributed by atoms with Crippen molar-refractivity contribution in [3.8, 4) is 0 Å². The number of nitrogens with two attached hydrogens (primary N) is 1. The van der Waals surface area contributed by atoms with Gasteiger partial charge >= 0.3 is 0 Å². The lowest BCUT2D eigenvalue weighted by atomic mass is 10.9. The van der Waals surface area contributed by atoms with E-state index in [0.29, 0.717) is 15.5 Å². The quantitative estimate of drug-likeness (QED) is 0.179. The average Bonchev–Trinajstić information content (AvgIpc) is 2.12. The van der Waals surface area contributed by atoms with Gasteiger partial charge in [-0.25, -0.2) is 15.5 Å². The molecule has 0 aromatic rings. The van der Waals surface area contributed by atoms with E-state index in [1.165, 1.54) is 17.4 Å². The Morgan fingerprint density at radius 2 is 2.00 bits per heavy atom. The third-order valence-electron chi connectivity index (χ3n) is 1.10. The third-order valence-corrected chi connectivity index (χ3v) is 3.31. The molecular formula is C5H15N2S+. The van der Waals surface area contributed by atoms with Gasteiger partial charge in [0.2, 0.25) is 0 Å². The van der Waals surface area contributed by atoms with Crippen LogP contribution in [0.15, 0.2) is 0 Å². The van der Waals surface area contributed by atoms with Crippen molar-refractivity contribution in [2.24, 2.45) is 5.84 Å². The summed E-state index contributed by atoms with van der Waals surface area (Å²) in [4.78, 5) is 0. The monoisotopic (exact) mass is 135 g/mol. The number of quaternary nitrogens is 1. The minimum absolute atomic E-state index is 0.409. The maximum Gasteiger partial charge on any atom is 0.125 e. The van der Waals surface area contributed by atoms with Crippen LogP contribution < -0.4 is 5.84 Å².